The van der Waals surface area contributed by atoms with E-state index in [2.05, 4.69) is 36.4 Å². The van der Waals surface area contributed by atoms with Gasteiger partial charge in [-0.2, -0.15) is 0 Å². The van der Waals surface area contributed by atoms with E-state index in [1.54, 1.807) is 0 Å². The molecule has 0 heterocycles. The van der Waals surface area contributed by atoms with Gasteiger partial charge in [-0.15, -0.1) is 0 Å². The van der Waals surface area contributed by atoms with E-state index < -0.39 is 6.10 Å². The van der Waals surface area contributed by atoms with Crippen LogP contribution in [0.4, 0.5) is 0 Å². The van der Waals surface area contributed by atoms with Crippen molar-refractivity contribution < 1.29 is 5.11 Å². The topological polar surface area (TPSA) is 20.2 Å². The minimum absolute atomic E-state index is 0.0464. The molecular weight excluding hydrogens is 256 g/mol. The quantitative estimate of drug-likeness (QED) is 0.771. The number of hydrogen-bond donors (Lipinski definition) is 1. The van der Waals surface area contributed by atoms with E-state index in [9.17, 15) is 5.11 Å². The van der Waals surface area contributed by atoms with Gasteiger partial charge < -0.3 is 5.11 Å². The Labute approximate surface area is 117 Å². The van der Waals surface area contributed by atoms with E-state index in [-0.39, 0.29) is 11.8 Å². The van der Waals surface area contributed by atoms with E-state index in [1.807, 2.05) is 18.2 Å². The standard InChI is InChI=1S/C17H13ClO/c18-15-9-14-10-5-1-3-7-12(10)16(17(15)19)13-8-4-2-6-11(13)14/h1-9,14,16-17,19H/t14?,16?,17-/m0/s1. The molecule has 0 aliphatic heterocycles. The van der Waals surface area contributed by atoms with Crippen molar-refractivity contribution in [1.29, 1.82) is 0 Å². The highest BCUT2D eigenvalue weighted by molar-refractivity contribution is 6.30. The first-order chi connectivity index (χ1) is 9.27. The lowest BCUT2D eigenvalue weighted by atomic mass is 9.73. The number of benzene rings is 2. The summed E-state index contributed by atoms with van der Waals surface area (Å²) in [6.07, 6.45) is 1.35. The highest BCUT2D eigenvalue weighted by atomic mass is 35.5. The molecule has 0 saturated carbocycles. The van der Waals surface area contributed by atoms with Crippen LogP contribution in [-0.2, 0) is 0 Å². The van der Waals surface area contributed by atoms with Gasteiger partial charge in [0.1, 0.15) is 6.10 Å². The van der Waals surface area contributed by atoms with Gasteiger partial charge in [-0.3, -0.25) is 0 Å². The molecule has 1 N–H and O–H groups in total. The van der Waals surface area contributed by atoms with Gasteiger partial charge in [-0.05, 0) is 22.3 Å². The smallest absolute Gasteiger partial charge is 0.100 e. The van der Waals surface area contributed by atoms with Gasteiger partial charge in [-0.25, -0.2) is 0 Å². The molecule has 0 aromatic heterocycles. The van der Waals surface area contributed by atoms with Crippen molar-refractivity contribution in [3.63, 3.8) is 0 Å². The average molecular weight is 269 g/mol. The molecule has 2 bridgehead atoms. The summed E-state index contributed by atoms with van der Waals surface area (Å²) >= 11 is 6.29. The Morgan fingerprint density at radius 2 is 1.26 bits per heavy atom. The Morgan fingerprint density at radius 3 is 1.79 bits per heavy atom. The predicted molar refractivity (Wildman–Crippen MR) is 76.5 cm³/mol. The summed E-state index contributed by atoms with van der Waals surface area (Å²) in [6.45, 7) is 0. The Morgan fingerprint density at radius 1 is 0.789 bits per heavy atom. The molecule has 1 atom stereocenters. The summed E-state index contributed by atoms with van der Waals surface area (Å²) in [4.78, 5) is 0. The van der Waals surface area contributed by atoms with Gasteiger partial charge in [0.2, 0.25) is 0 Å². The van der Waals surface area contributed by atoms with Crippen molar-refractivity contribution in [2.75, 3.05) is 0 Å². The van der Waals surface area contributed by atoms with Crippen LogP contribution < -0.4 is 0 Å². The fourth-order valence-corrected chi connectivity index (χ4v) is 3.68. The van der Waals surface area contributed by atoms with Crippen LogP contribution in [0.25, 0.3) is 0 Å². The largest absolute Gasteiger partial charge is 0.387 e. The summed E-state index contributed by atoms with van der Waals surface area (Å²) in [7, 11) is 0. The van der Waals surface area contributed by atoms with E-state index >= 15 is 0 Å². The third-order valence-electron chi connectivity index (χ3n) is 4.26. The third-order valence-corrected chi connectivity index (χ3v) is 4.61. The Bertz CT molecular complexity index is 642. The first-order valence-corrected chi connectivity index (χ1v) is 6.88. The van der Waals surface area contributed by atoms with Gasteiger partial charge in [0.05, 0.1) is 0 Å². The third kappa shape index (κ3) is 1.46. The molecule has 0 unspecified atom stereocenters. The summed E-state index contributed by atoms with van der Waals surface area (Å²) in [5.41, 5.74) is 4.93. The lowest BCUT2D eigenvalue weighted by molar-refractivity contribution is 0.200. The van der Waals surface area contributed by atoms with Crippen LogP contribution in [0.2, 0.25) is 0 Å². The molecule has 2 aromatic carbocycles. The minimum Gasteiger partial charge on any atom is -0.387 e. The molecule has 2 heteroatoms. The number of rotatable bonds is 0. The summed E-state index contributed by atoms with van der Waals surface area (Å²) < 4.78 is 0. The molecule has 2 aromatic rings. The number of aliphatic hydroxyl groups excluding tert-OH is 1. The molecule has 0 radical (unpaired) electrons. The van der Waals surface area contributed by atoms with Crippen molar-refractivity contribution >= 4 is 11.6 Å². The summed E-state index contributed by atoms with van der Waals surface area (Å²) in [5.74, 6) is 0.114. The fourth-order valence-electron chi connectivity index (χ4n) is 3.43. The molecule has 0 amide bonds. The SMILES string of the molecule is O[C@H]1C(Cl)=CC2c3ccccc3C1c1ccccc12. The predicted octanol–water partition coefficient (Wildman–Crippen LogP) is 3.76. The van der Waals surface area contributed by atoms with Crippen LogP contribution in [0.15, 0.2) is 59.6 Å². The van der Waals surface area contributed by atoms with Gasteiger partial charge >= 0.3 is 0 Å². The maximum absolute atomic E-state index is 10.5. The zero-order chi connectivity index (χ0) is 13.0. The van der Waals surface area contributed by atoms with Crippen molar-refractivity contribution in [1.82, 2.24) is 0 Å². The van der Waals surface area contributed by atoms with Gasteiger partial charge in [0, 0.05) is 16.9 Å². The zero-order valence-electron chi connectivity index (χ0n) is 10.3. The summed E-state index contributed by atoms with van der Waals surface area (Å²) in [5, 5.41) is 11.1. The molecule has 5 rings (SSSR count). The lowest BCUT2D eigenvalue weighted by Crippen LogP contribution is -2.23. The van der Waals surface area contributed by atoms with Gasteiger partial charge in [0.25, 0.3) is 0 Å². The molecule has 3 aliphatic carbocycles. The molecule has 3 aliphatic rings. The van der Waals surface area contributed by atoms with Crippen LogP contribution in [0, 0.1) is 0 Å². The van der Waals surface area contributed by atoms with Crippen molar-refractivity contribution in [3.8, 4) is 0 Å². The van der Waals surface area contributed by atoms with Crippen LogP contribution >= 0.6 is 11.6 Å². The van der Waals surface area contributed by atoms with Crippen LogP contribution in [0.1, 0.15) is 34.1 Å². The number of allylic oxidation sites excluding steroid dienone is 1. The Hall–Kier alpha value is -1.57. The number of halogens is 1. The minimum atomic E-state index is -0.642. The van der Waals surface area contributed by atoms with E-state index in [0.717, 1.165) is 0 Å². The second-order valence-electron chi connectivity index (χ2n) is 5.21. The molecule has 1 nitrogen and oxygen atoms in total. The van der Waals surface area contributed by atoms with E-state index in [4.69, 9.17) is 11.6 Å². The Kier molecular flexibility index (Phi) is 2.35. The first kappa shape index (κ1) is 11.3. The molecule has 0 spiro atoms. The van der Waals surface area contributed by atoms with Crippen LogP contribution in [-0.4, -0.2) is 11.2 Å². The van der Waals surface area contributed by atoms with Crippen molar-refractivity contribution in [3.05, 3.63) is 81.9 Å². The number of fused-ring (bicyclic) bond motifs is 1. The maximum atomic E-state index is 10.5. The molecule has 0 fully saturated rings. The van der Waals surface area contributed by atoms with Crippen molar-refractivity contribution in [2.45, 2.75) is 17.9 Å². The summed E-state index contributed by atoms with van der Waals surface area (Å²) in [6, 6.07) is 16.7. The number of aliphatic hydroxyl groups is 1. The molecule has 19 heavy (non-hydrogen) atoms. The maximum Gasteiger partial charge on any atom is 0.100 e. The van der Waals surface area contributed by atoms with Crippen molar-refractivity contribution in [2.24, 2.45) is 0 Å². The lowest BCUT2D eigenvalue weighted by Gasteiger charge is -2.31. The number of hydrogen-bond acceptors (Lipinski definition) is 1. The second kappa shape index (κ2) is 3.96. The second-order valence-corrected chi connectivity index (χ2v) is 5.65. The van der Waals surface area contributed by atoms with Gasteiger partial charge in [0.15, 0.2) is 0 Å². The monoisotopic (exact) mass is 268 g/mol. The van der Waals surface area contributed by atoms with E-state index in [0.29, 0.717) is 5.03 Å². The van der Waals surface area contributed by atoms with Gasteiger partial charge in [-0.1, -0.05) is 66.2 Å². The molecular formula is C17H13ClO. The highest BCUT2D eigenvalue weighted by Crippen LogP contribution is 2.50. The average Bonchev–Trinajstić information content (AvgIpc) is 2.63. The molecule has 94 valence electrons. The normalized spacial score (nSPS) is 27.3. The van der Waals surface area contributed by atoms with E-state index in [1.165, 1.54) is 22.3 Å². The highest BCUT2D eigenvalue weighted by Gasteiger charge is 2.39. The molecule has 0 saturated heterocycles. The Balaban J connectivity index is 2.09. The zero-order valence-corrected chi connectivity index (χ0v) is 11.0. The van der Waals surface area contributed by atoms with Crippen LogP contribution in [0.3, 0.4) is 0 Å². The first-order valence-electron chi connectivity index (χ1n) is 6.50. The van der Waals surface area contributed by atoms with Crippen LogP contribution in [0.5, 0.6) is 0 Å². The fraction of sp³-hybridized carbons (Fsp3) is 0.176.